The van der Waals surface area contributed by atoms with Gasteiger partial charge in [-0.25, -0.2) is 15.0 Å². The zero-order valence-electron chi connectivity index (χ0n) is 18.1. The average Bonchev–Trinajstić information content (AvgIpc) is 3.12. The number of likely N-dealkylation sites (N-methyl/N-ethyl adjacent to an activating group) is 1. The van der Waals surface area contributed by atoms with Crippen molar-refractivity contribution in [3.8, 4) is 0 Å². The molecule has 1 fully saturated rings. The highest BCUT2D eigenvalue weighted by Crippen LogP contribution is 2.25. The number of hydrogen-bond acceptors (Lipinski definition) is 7. The number of carbonyl (C=O) groups is 2. The molecule has 4 rings (SSSR count). The normalized spacial score (nSPS) is 17.3. The van der Waals surface area contributed by atoms with E-state index in [1.54, 1.807) is 28.6 Å². The Balaban J connectivity index is 1.45. The molecule has 0 radical (unpaired) electrons. The van der Waals surface area contributed by atoms with Crippen molar-refractivity contribution in [1.82, 2.24) is 24.8 Å². The summed E-state index contributed by atoms with van der Waals surface area (Å²) in [5.74, 6) is 0.629. The van der Waals surface area contributed by atoms with Crippen LogP contribution in [0.1, 0.15) is 41.0 Å². The van der Waals surface area contributed by atoms with Gasteiger partial charge >= 0.3 is 0 Å². The molecule has 1 aliphatic heterocycles. The first kappa shape index (κ1) is 21.3. The fourth-order valence-electron chi connectivity index (χ4n) is 3.61. The Kier molecular flexibility index (Phi) is 5.97. The number of fused-ring (bicyclic) bond motifs is 1. The molecule has 9 heteroatoms. The summed E-state index contributed by atoms with van der Waals surface area (Å²) in [5, 5.41) is 3.99. The van der Waals surface area contributed by atoms with Gasteiger partial charge in [-0.3, -0.25) is 14.5 Å². The molecule has 3 heterocycles. The lowest BCUT2D eigenvalue weighted by molar-refractivity contribution is -0.122. The minimum atomic E-state index is -0.438. The van der Waals surface area contributed by atoms with Crippen LogP contribution in [0.15, 0.2) is 30.6 Å². The second kappa shape index (κ2) is 8.68. The third-order valence-corrected chi connectivity index (χ3v) is 6.37. The van der Waals surface area contributed by atoms with Crippen molar-refractivity contribution in [3.63, 3.8) is 0 Å². The van der Waals surface area contributed by atoms with Crippen molar-refractivity contribution in [2.24, 2.45) is 0 Å². The molecule has 1 atom stereocenters. The van der Waals surface area contributed by atoms with Crippen LogP contribution < -0.4 is 5.32 Å². The Hall–Kier alpha value is -2.91. The third kappa shape index (κ3) is 4.57. The summed E-state index contributed by atoms with van der Waals surface area (Å²) in [6.07, 6.45) is 3.15. The Morgan fingerprint density at radius 1 is 1.19 bits per heavy atom. The van der Waals surface area contributed by atoms with Crippen LogP contribution in [0.5, 0.6) is 0 Å². The van der Waals surface area contributed by atoms with E-state index in [9.17, 15) is 9.59 Å². The number of aryl methyl sites for hydroxylation is 1. The summed E-state index contributed by atoms with van der Waals surface area (Å²) in [4.78, 5) is 42.7. The van der Waals surface area contributed by atoms with Gasteiger partial charge in [-0.1, -0.05) is 13.8 Å². The molecular weight excluding hydrogens is 412 g/mol. The summed E-state index contributed by atoms with van der Waals surface area (Å²) < 4.78 is 1.04. The number of hydrogen-bond donors (Lipinski definition) is 1. The van der Waals surface area contributed by atoms with Crippen LogP contribution in [0, 0.1) is 6.92 Å². The molecule has 1 unspecified atom stereocenters. The summed E-state index contributed by atoms with van der Waals surface area (Å²) in [6.45, 7) is 7.46. The predicted molar refractivity (Wildman–Crippen MR) is 121 cm³/mol. The molecule has 2 aromatic heterocycles. The highest BCUT2D eigenvalue weighted by atomic mass is 32.1. The number of piperazine rings is 1. The minimum absolute atomic E-state index is 0.132. The molecule has 1 aliphatic rings. The summed E-state index contributed by atoms with van der Waals surface area (Å²) >= 11 is 1.60. The fraction of sp³-hybridized carbons (Fsp3) is 0.409. The lowest BCUT2D eigenvalue weighted by Gasteiger charge is -2.38. The van der Waals surface area contributed by atoms with E-state index in [0.717, 1.165) is 20.9 Å². The molecular formula is C22H26N6O2S. The fourth-order valence-corrected chi connectivity index (χ4v) is 4.48. The number of rotatable bonds is 4. The maximum atomic E-state index is 13.0. The largest absolute Gasteiger partial charge is 0.335 e. The van der Waals surface area contributed by atoms with Crippen molar-refractivity contribution in [3.05, 3.63) is 47.0 Å². The van der Waals surface area contributed by atoms with E-state index < -0.39 is 6.04 Å². The van der Waals surface area contributed by atoms with Gasteiger partial charge in [0.2, 0.25) is 5.91 Å². The molecule has 0 bridgehead atoms. The van der Waals surface area contributed by atoms with Crippen LogP contribution in [-0.2, 0) is 4.79 Å². The number of benzene rings is 1. The number of nitrogens with zero attached hydrogens (tertiary/aromatic N) is 5. The van der Waals surface area contributed by atoms with Gasteiger partial charge in [-0.2, -0.15) is 0 Å². The van der Waals surface area contributed by atoms with Crippen LogP contribution in [0.3, 0.4) is 0 Å². The van der Waals surface area contributed by atoms with Gasteiger partial charge in [0, 0.05) is 43.6 Å². The highest BCUT2D eigenvalue weighted by Gasteiger charge is 2.33. The Bertz CT molecular complexity index is 1110. The maximum Gasteiger partial charge on any atom is 0.257 e. The van der Waals surface area contributed by atoms with E-state index in [2.05, 4.69) is 20.3 Å². The molecule has 0 aliphatic carbocycles. The van der Waals surface area contributed by atoms with E-state index in [-0.39, 0.29) is 17.7 Å². The quantitative estimate of drug-likeness (QED) is 0.674. The first-order valence-corrected chi connectivity index (χ1v) is 11.1. The highest BCUT2D eigenvalue weighted by molar-refractivity contribution is 7.18. The zero-order valence-corrected chi connectivity index (χ0v) is 18.9. The van der Waals surface area contributed by atoms with Gasteiger partial charge in [0.1, 0.15) is 11.9 Å². The number of carbonyl (C=O) groups excluding carboxylic acids is 2. The van der Waals surface area contributed by atoms with Gasteiger partial charge in [0.15, 0.2) is 0 Å². The van der Waals surface area contributed by atoms with E-state index >= 15 is 0 Å². The molecule has 0 spiro atoms. The SMILES string of the molecule is Cc1nc2ccc(NC(=O)C3CN(C(=O)c4cnc(C(C)C)nc4)CCN3C)cc2s1. The minimum Gasteiger partial charge on any atom is -0.335 e. The number of nitrogens with one attached hydrogen (secondary N) is 1. The van der Waals surface area contributed by atoms with Crippen LogP contribution in [0.4, 0.5) is 5.69 Å². The predicted octanol–water partition coefficient (Wildman–Crippen LogP) is 2.91. The second-order valence-corrected chi connectivity index (χ2v) is 9.37. The van der Waals surface area contributed by atoms with Crippen molar-refractivity contribution < 1.29 is 9.59 Å². The number of amides is 2. The third-order valence-electron chi connectivity index (χ3n) is 5.44. The van der Waals surface area contributed by atoms with Gasteiger partial charge in [-0.15, -0.1) is 11.3 Å². The molecule has 8 nitrogen and oxygen atoms in total. The molecule has 31 heavy (non-hydrogen) atoms. The monoisotopic (exact) mass is 438 g/mol. The number of aromatic nitrogens is 3. The lowest BCUT2D eigenvalue weighted by Crippen LogP contribution is -2.57. The van der Waals surface area contributed by atoms with E-state index in [1.165, 1.54) is 0 Å². The summed E-state index contributed by atoms with van der Waals surface area (Å²) in [7, 11) is 1.91. The second-order valence-electron chi connectivity index (χ2n) is 8.14. The van der Waals surface area contributed by atoms with Gasteiger partial charge in [-0.05, 0) is 32.2 Å². The molecule has 0 saturated carbocycles. The first-order valence-electron chi connectivity index (χ1n) is 10.3. The summed E-state index contributed by atoms with van der Waals surface area (Å²) in [6, 6.07) is 5.28. The molecule has 1 N–H and O–H groups in total. The molecule has 1 aromatic carbocycles. The lowest BCUT2D eigenvalue weighted by atomic mass is 10.1. The molecule has 162 valence electrons. The average molecular weight is 439 g/mol. The van der Waals surface area contributed by atoms with Crippen molar-refractivity contribution >= 4 is 39.1 Å². The molecule has 1 saturated heterocycles. The van der Waals surface area contributed by atoms with Gasteiger partial charge in [0.25, 0.3) is 5.91 Å². The van der Waals surface area contributed by atoms with E-state index in [4.69, 9.17) is 0 Å². The van der Waals surface area contributed by atoms with Gasteiger partial charge < -0.3 is 10.2 Å². The molecule has 3 aromatic rings. The standard InChI is InChI=1S/C22H26N6O2S/c1-13(2)20-23-10-15(11-24-20)22(30)28-8-7-27(4)18(12-28)21(29)26-16-5-6-17-19(9-16)31-14(3)25-17/h5-6,9-11,13,18H,7-8,12H2,1-4H3,(H,26,29). The van der Waals surface area contributed by atoms with Crippen molar-refractivity contribution in [2.45, 2.75) is 32.7 Å². The summed E-state index contributed by atoms with van der Waals surface area (Å²) in [5.41, 5.74) is 2.10. The van der Waals surface area contributed by atoms with Crippen molar-refractivity contribution in [2.75, 3.05) is 32.0 Å². The zero-order chi connectivity index (χ0) is 22.1. The smallest absolute Gasteiger partial charge is 0.257 e. The van der Waals surface area contributed by atoms with Crippen LogP contribution in [0.25, 0.3) is 10.2 Å². The van der Waals surface area contributed by atoms with Gasteiger partial charge in [0.05, 0.1) is 20.8 Å². The first-order chi connectivity index (χ1) is 14.8. The topological polar surface area (TPSA) is 91.3 Å². The Morgan fingerprint density at radius 3 is 2.65 bits per heavy atom. The Labute approximate surface area is 185 Å². The van der Waals surface area contributed by atoms with Crippen molar-refractivity contribution in [1.29, 1.82) is 0 Å². The number of anilines is 1. The van der Waals surface area contributed by atoms with Crippen LogP contribution >= 0.6 is 11.3 Å². The maximum absolute atomic E-state index is 13.0. The van der Waals surface area contributed by atoms with E-state index in [0.29, 0.717) is 31.0 Å². The van der Waals surface area contributed by atoms with Crippen LogP contribution in [0.2, 0.25) is 0 Å². The van der Waals surface area contributed by atoms with E-state index in [1.807, 2.05) is 50.9 Å². The van der Waals surface area contributed by atoms with Crippen LogP contribution in [-0.4, -0.2) is 69.3 Å². The number of thiazole rings is 1. The molecule has 2 amide bonds. The Morgan fingerprint density at radius 2 is 1.94 bits per heavy atom.